The van der Waals surface area contributed by atoms with Crippen molar-refractivity contribution < 1.29 is 14.0 Å². The van der Waals surface area contributed by atoms with Gasteiger partial charge in [-0.05, 0) is 50.7 Å². The molecule has 0 bridgehead atoms. The second kappa shape index (κ2) is 10.9. The highest BCUT2D eigenvalue weighted by Crippen LogP contribution is 2.33. The molecule has 1 saturated heterocycles. The third-order valence-corrected chi connectivity index (χ3v) is 8.29. The van der Waals surface area contributed by atoms with Gasteiger partial charge in [0.15, 0.2) is 0 Å². The Balaban J connectivity index is 1.01. The molecule has 2 amide bonds. The van der Waals surface area contributed by atoms with Gasteiger partial charge in [0, 0.05) is 35.7 Å². The summed E-state index contributed by atoms with van der Waals surface area (Å²) >= 11 is 1.61. The minimum Gasteiger partial charge on any atom is -0.420 e. The van der Waals surface area contributed by atoms with E-state index in [1.54, 1.807) is 11.8 Å². The van der Waals surface area contributed by atoms with Gasteiger partial charge in [0.05, 0.1) is 5.92 Å². The smallest absolute Gasteiger partial charge is 0.247 e. The Labute approximate surface area is 204 Å². The van der Waals surface area contributed by atoms with Gasteiger partial charge >= 0.3 is 0 Å². The summed E-state index contributed by atoms with van der Waals surface area (Å²) < 4.78 is 5.93. The molecular weight excluding hydrogens is 450 g/mol. The minimum atomic E-state index is -0.0923. The lowest BCUT2D eigenvalue weighted by molar-refractivity contribution is -0.129. The van der Waals surface area contributed by atoms with Crippen LogP contribution in [0, 0.1) is 5.92 Å². The Hall–Kier alpha value is -2.39. The van der Waals surface area contributed by atoms with Crippen molar-refractivity contribution in [1.29, 1.82) is 0 Å². The van der Waals surface area contributed by atoms with E-state index in [1.807, 2.05) is 30.3 Å². The summed E-state index contributed by atoms with van der Waals surface area (Å²) in [6.07, 6.45) is 8.50. The van der Waals surface area contributed by atoms with Crippen molar-refractivity contribution in [2.75, 3.05) is 5.75 Å². The standard InChI is InChI=1S/C25H33N5O3S/c31-21(14-15-34-25-27-20-9-5-4-8-19(20)22(32)28-25)26-18-12-10-17(11-13-18)24-30-29-23(33-24)16-6-2-1-3-7-16/h1-3,6-7,17-20,25,27H,4-5,8-15H2,(H,26,31)(H,28,32). The molecule has 3 unspecified atom stereocenters. The van der Waals surface area contributed by atoms with Crippen LogP contribution in [0.1, 0.15) is 69.6 Å². The minimum absolute atomic E-state index is 0.0813. The maximum Gasteiger partial charge on any atom is 0.247 e. The van der Waals surface area contributed by atoms with Crippen LogP contribution in [-0.2, 0) is 9.59 Å². The summed E-state index contributed by atoms with van der Waals surface area (Å²) in [5, 5.41) is 18.3. The van der Waals surface area contributed by atoms with E-state index in [1.165, 1.54) is 6.42 Å². The number of carbonyl (C=O) groups is 2. The van der Waals surface area contributed by atoms with Crippen molar-refractivity contribution in [2.45, 2.75) is 81.3 Å². The number of amides is 2. The lowest BCUT2D eigenvalue weighted by atomic mass is 9.83. The van der Waals surface area contributed by atoms with Crippen LogP contribution < -0.4 is 16.0 Å². The molecule has 3 fully saturated rings. The fourth-order valence-corrected chi connectivity index (χ4v) is 6.37. The number of nitrogens with zero attached hydrogens (tertiary/aromatic N) is 2. The molecule has 2 saturated carbocycles. The van der Waals surface area contributed by atoms with E-state index in [0.717, 1.165) is 50.5 Å². The molecule has 1 aromatic carbocycles. The Bertz CT molecular complexity index is 976. The second-order valence-electron chi connectivity index (χ2n) is 9.60. The summed E-state index contributed by atoms with van der Waals surface area (Å²) in [4.78, 5) is 24.8. The quantitative estimate of drug-likeness (QED) is 0.552. The molecule has 182 valence electrons. The molecule has 3 N–H and O–H groups in total. The van der Waals surface area contributed by atoms with Crippen LogP contribution in [0.4, 0.5) is 0 Å². The van der Waals surface area contributed by atoms with Gasteiger partial charge in [-0.2, -0.15) is 0 Å². The fourth-order valence-electron chi connectivity index (χ4n) is 5.36. The normalized spacial score (nSPS) is 29.2. The predicted octanol–water partition coefficient (Wildman–Crippen LogP) is 3.56. The monoisotopic (exact) mass is 483 g/mol. The van der Waals surface area contributed by atoms with E-state index >= 15 is 0 Å². The third kappa shape index (κ3) is 5.63. The highest BCUT2D eigenvalue weighted by atomic mass is 32.2. The van der Waals surface area contributed by atoms with Crippen molar-refractivity contribution in [1.82, 2.24) is 26.1 Å². The molecule has 0 spiro atoms. The maximum absolute atomic E-state index is 12.5. The van der Waals surface area contributed by atoms with Crippen LogP contribution in [-0.4, -0.2) is 45.3 Å². The van der Waals surface area contributed by atoms with Crippen LogP contribution in [0.3, 0.4) is 0 Å². The lowest BCUT2D eigenvalue weighted by Crippen LogP contribution is -2.60. The van der Waals surface area contributed by atoms with E-state index < -0.39 is 0 Å². The predicted molar refractivity (Wildman–Crippen MR) is 131 cm³/mol. The number of hydrogen-bond acceptors (Lipinski definition) is 7. The molecule has 3 atom stereocenters. The Morgan fingerprint density at radius 1 is 1.06 bits per heavy atom. The molecule has 0 radical (unpaired) electrons. The second-order valence-corrected chi connectivity index (χ2v) is 10.8. The number of nitrogens with one attached hydrogen (secondary N) is 3. The van der Waals surface area contributed by atoms with Gasteiger partial charge in [0.1, 0.15) is 5.50 Å². The zero-order chi connectivity index (χ0) is 23.3. The van der Waals surface area contributed by atoms with E-state index in [4.69, 9.17) is 4.42 Å². The van der Waals surface area contributed by atoms with Crippen molar-refractivity contribution in [3.63, 3.8) is 0 Å². The van der Waals surface area contributed by atoms with E-state index in [-0.39, 0.29) is 41.2 Å². The highest BCUT2D eigenvalue weighted by Gasteiger charge is 2.37. The SMILES string of the molecule is O=C(CCSC1NC(=O)C2CCCCC2N1)NC1CCC(c2nnc(-c3ccccc3)o2)CC1. The van der Waals surface area contributed by atoms with Gasteiger partial charge in [0.25, 0.3) is 0 Å². The van der Waals surface area contributed by atoms with Crippen molar-refractivity contribution >= 4 is 23.6 Å². The first-order chi connectivity index (χ1) is 16.7. The first kappa shape index (κ1) is 23.4. The third-order valence-electron chi connectivity index (χ3n) is 7.26. The maximum atomic E-state index is 12.5. The first-order valence-electron chi connectivity index (χ1n) is 12.5. The van der Waals surface area contributed by atoms with Crippen LogP contribution >= 0.6 is 11.8 Å². The Morgan fingerprint density at radius 3 is 2.68 bits per heavy atom. The number of rotatable bonds is 7. The van der Waals surface area contributed by atoms with Gasteiger partial charge in [0.2, 0.25) is 23.6 Å². The summed E-state index contributed by atoms with van der Waals surface area (Å²) in [5.41, 5.74) is 0.840. The molecule has 2 aromatic rings. The molecule has 8 nitrogen and oxygen atoms in total. The summed E-state index contributed by atoms with van der Waals surface area (Å²) in [5.74, 6) is 2.55. The van der Waals surface area contributed by atoms with Crippen LogP contribution in [0.5, 0.6) is 0 Å². The average Bonchev–Trinajstić information content (AvgIpc) is 3.36. The Morgan fingerprint density at radius 2 is 1.85 bits per heavy atom. The van der Waals surface area contributed by atoms with Crippen molar-refractivity contribution in [2.24, 2.45) is 5.92 Å². The summed E-state index contributed by atoms with van der Waals surface area (Å²) in [6.45, 7) is 0. The molecule has 34 heavy (non-hydrogen) atoms. The van der Waals surface area contributed by atoms with Gasteiger partial charge in [-0.25, -0.2) is 0 Å². The van der Waals surface area contributed by atoms with Crippen molar-refractivity contribution in [3.8, 4) is 11.5 Å². The molecule has 9 heteroatoms. The highest BCUT2D eigenvalue weighted by molar-refractivity contribution is 7.99. The molecule has 3 aliphatic rings. The molecule has 2 heterocycles. The zero-order valence-corrected chi connectivity index (χ0v) is 20.2. The number of aromatic nitrogens is 2. The van der Waals surface area contributed by atoms with Gasteiger partial charge in [-0.15, -0.1) is 22.0 Å². The lowest BCUT2D eigenvalue weighted by Gasteiger charge is -2.39. The summed E-state index contributed by atoms with van der Waals surface area (Å²) in [6, 6.07) is 10.3. The zero-order valence-electron chi connectivity index (χ0n) is 19.4. The van der Waals surface area contributed by atoms with E-state index in [9.17, 15) is 9.59 Å². The van der Waals surface area contributed by atoms with Gasteiger partial charge in [-0.1, -0.05) is 31.0 Å². The van der Waals surface area contributed by atoms with Gasteiger partial charge < -0.3 is 15.1 Å². The molecule has 2 aliphatic carbocycles. The van der Waals surface area contributed by atoms with Crippen LogP contribution in [0.25, 0.3) is 11.5 Å². The number of carbonyl (C=O) groups excluding carboxylic acids is 2. The number of benzene rings is 1. The molecule has 5 rings (SSSR count). The molecule has 1 aromatic heterocycles. The van der Waals surface area contributed by atoms with E-state index in [2.05, 4.69) is 26.1 Å². The topological polar surface area (TPSA) is 109 Å². The fraction of sp³-hybridized carbons (Fsp3) is 0.600. The summed E-state index contributed by atoms with van der Waals surface area (Å²) in [7, 11) is 0. The largest absolute Gasteiger partial charge is 0.420 e. The average molecular weight is 484 g/mol. The Kier molecular flexibility index (Phi) is 7.49. The van der Waals surface area contributed by atoms with Crippen LogP contribution in [0.15, 0.2) is 34.7 Å². The molecular formula is C25H33N5O3S. The first-order valence-corrected chi connectivity index (χ1v) is 13.6. The number of fused-ring (bicyclic) bond motifs is 1. The number of thioether (sulfide) groups is 1. The van der Waals surface area contributed by atoms with Gasteiger partial charge in [-0.3, -0.25) is 14.9 Å². The van der Waals surface area contributed by atoms with E-state index in [0.29, 0.717) is 24.0 Å². The number of hydrogen-bond donors (Lipinski definition) is 3. The molecule has 1 aliphatic heterocycles. The van der Waals surface area contributed by atoms with Crippen LogP contribution in [0.2, 0.25) is 0 Å². The van der Waals surface area contributed by atoms with Crippen molar-refractivity contribution in [3.05, 3.63) is 36.2 Å².